The molecule has 4 rings (SSSR count). The van der Waals surface area contributed by atoms with Crippen molar-refractivity contribution in [1.29, 1.82) is 0 Å². The van der Waals surface area contributed by atoms with Crippen LogP contribution in [0.4, 0.5) is 28.9 Å². The van der Waals surface area contributed by atoms with Gasteiger partial charge in [0.15, 0.2) is 0 Å². The number of aromatic nitrogens is 1. The second-order valence-electron chi connectivity index (χ2n) is 9.30. The Morgan fingerprint density at radius 3 is 2.47 bits per heavy atom. The number of hydrogen-bond acceptors (Lipinski definition) is 6. The van der Waals surface area contributed by atoms with Crippen LogP contribution in [0.5, 0.6) is 0 Å². The number of hydrogen-bond donors (Lipinski definition) is 1. The lowest BCUT2D eigenvalue weighted by Gasteiger charge is -2.35. The highest BCUT2D eigenvalue weighted by molar-refractivity contribution is 9.10. The first-order chi connectivity index (χ1) is 17.9. The second-order valence-corrected chi connectivity index (χ2v) is 10.2. The third-order valence-corrected chi connectivity index (χ3v) is 7.06. The van der Waals surface area contributed by atoms with Crippen LogP contribution in [-0.2, 0) is 0 Å². The number of nitrogens with zero attached hydrogens (tertiary/aromatic N) is 4. The predicted molar refractivity (Wildman–Crippen MR) is 133 cm³/mol. The predicted octanol–water partition coefficient (Wildman–Crippen LogP) is 5.28. The molecule has 0 saturated carbocycles. The molecule has 14 heteroatoms. The first-order valence-electron chi connectivity index (χ1n) is 11.9. The molecule has 9 nitrogen and oxygen atoms in total. The Labute approximate surface area is 223 Å². The summed E-state index contributed by atoms with van der Waals surface area (Å²) in [6, 6.07) is 3.21. The fraction of sp³-hybridized carbons (Fsp3) is 0.458. The van der Waals surface area contributed by atoms with Gasteiger partial charge in [-0.25, -0.2) is 17.6 Å². The van der Waals surface area contributed by atoms with Crippen molar-refractivity contribution in [3.8, 4) is 0 Å². The average molecular weight is 602 g/mol. The lowest BCUT2D eigenvalue weighted by molar-refractivity contribution is -0.384. The first-order valence-corrected chi connectivity index (χ1v) is 12.7. The molecule has 0 unspecified atom stereocenters. The minimum absolute atomic E-state index is 0.00385. The van der Waals surface area contributed by atoms with Crippen LogP contribution >= 0.6 is 15.9 Å². The van der Waals surface area contributed by atoms with E-state index in [1.807, 2.05) is 0 Å². The topological polar surface area (TPSA) is 109 Å². The number of likely N-dealkylation sites (tertiary alicyclic amines) is 2. The minimum atomic E-state index is -2.87. The van der Waals surface area contributed by atoms with E-state index in [9.17, 15) is 37.3 Å². The van der Waals surface area contributed by atoms with E-state index in [4.69, 9.17) is 0 Å². The van der Waals surface area contributed by atoms with Crippen molar-refractivity contribution in [1.82, 2.24) is 14.8 Å². The van der Waals surface area contributed by atoms with Crippen LogP contribution in [-0.4, -0.2) is 69.7 Å². The minimum Gasteiger partial charge on any atom is -0.374 e. The maximum Gasteiger partial charge on any atom is 0.294 e. The van der Waals surface area contributed by atoms with Gasteiger partial charge < -0.3 is 15.1 Å². The van der Waals surface area contributed by atoms with Crippen LogP contribution in [0.15, 0.2) is 35.1 Å². The van der Waals surface area contributed by atoms with E-state index in [0.29, 0.717) is 19.4 Å². The smallest absolute Gasteiger partial charge is 0.294 e. The summed E-state index contributed by atoms with van der Waals surface area (Å²) >= 11 is 3.19. The zero-order valence-electron chi connectivity index (χ0n) is 20.0. The standard InChI is InChI=1S/C24H24BrF4N5O4/c25-16-9-18(23(36)32-6-3-24(28,29)4-7-32)20(19(10-16)34(37)38)31-17-2-1-5-33(13-17)22(35)15-8-14(21(26)27)11-30-12-15/h8-12,17,21,31H,1-7,13H2/t17-/m1/s1. The van der Waals surface area contributed by atoms with Crippen LogP contribution in [0.25, 0.3) is 0 Å². The van der Waals surface area contributed by atoms with Gasteiger partial charge in [0.25, 0.3) is 29.8 Å². The molecule has 1 aromatic heterocycles. The third-order valence-electron chi connectivity index (χ3n) is 6.61. The number of halogens is 5. The summed E-state index contributed by atoms with van der Waals surface area (Å²) in [6.07, 6.45) is -0.583. The lowest BCUT2D eigenvalue weighted by Crippen LogP contribution is -2.46. The van der Waals surface area contributed by atoms with Crippen LogP contribution in [0.3, 0.4) is 0 Å². The molecule has 2 amide bonds. The third kappa shape index (κ3) is 6.22. The highest BCUT2D eigenvalue weighted by atomic mass is 79.9. The van der Waals surface area contributed by atoms with Gasteiger partial charge in [-0.3, -0.25) is 24.7 Å². The van der Waals surface area contributed by atoms with Crippen LogP contribution in [0.1, 0.15) is 58.4 Å². The molecule has 1 atom stereocenters. The van der Waals surface area contributed by atoms with Crippen LogP contribution in [0, 0.1) is 10.1 Å². The van der Waals surface area contributed by atoms with Crippen molar-refractivity contribution in [2.75, 3.05) is 31.5 Å². The summed E-state index contributed by atoms with van der Waals surface area (Å²) in [6.45, 7) is 0.0483. The summed E-state index contributed by atoms with van der Waals surface area (Å²) in [5, 5.41) is 14.9. The Morgan fingerprint density at radius 1 is 1.11 bits per heavy atom. The number of amides is 2. The number of pyridine rings is 1. The van der Waals surface area contributed by atoms with Gasteiger partial charge in [0.1, 0.15) is 5.69 Å². The number of nitro groups is 1. The lowest BCUT2D eigenvalue weighted by atomic mass is 10.0. The second kappa shape index (κ2) is 11.2. The van der Waals surface area contributed by atoms with E-state index in [1.54, 1.807) is 0 Å². The van der Waals surface area contributed by atoms with Gasteiger partial charge in [-0.1, -0.05) is 15.9 Å². The number of piperidine rings is 2. The number of rotatable bonds is 6. The average Bonchev–Trinajstić information content (AvgIpc) is 2.88. The van der Waals surface area contributed by atoms with Gasteiger partial charge in [-0.15, -0.1) is 0 Å². The molecule has 1 aromatic carbocycles. The first kappa shape index (κ1) is 27.7. The van der Waals surface area contributed by atoms with Gasteiger partial charge in [-0.2, -0.15) is 0 Å². The van der Waals surface area contributed by atoms with Crippen molar-refractivity contribution in [3.63, 3.8) is 0 Å². The summed E-state index contributed by atoms with van der Waals surface area (Å²) in [7, 11) is 0. The molecule has 1 N–H and O–H groups in total. The number of nitrogens with one attached hydrogen (secondary N) is 1. The Morgan fingerprint density at radius 2 is 1.82 bits per heavy atom. The van der Waals surface area contributed by atoms with Gasteiger partial charge >= 0.3 is 0 Å². The Balaban J connectivity index is 1.58. The largest absolute Gasteiger partial charge is 0.374 e. The van der Waals surface area contributed by atoms with Crippen LogP contribution < -0.4 is 5.32 Å². The van der Waals surface area contributed by atoms with Crippen LogP contribution in [0.2, 0.25) is 0 Å². The molecular formula is C24H24BrF4N5O4. The van der Waals surface area contributed by atoms with E-state index in [0.717, 1.165) is 12.3 Å². The molecule has 0 spiro atoms. The molecule has 3 heterocycles. The SMILES string of the molecule is O=C(c1cncc(C(F)F)c1)N1CCC[C@@H](Nc2c(C(=O)N3CCC(F)(F)CC3)cc(Br)cc2[N+](=O)[O-])C1. The highest BCUT2D eigenvalue weighted by Gasteiger charge is 2.37. The Hall–Kier alpha value is -3.29. The van der Waals surface area contributed by atoms with E-state index in [1.165, 1.54) is 28.1 Å². The molecule has 2 aliphatic heterocycles. The number of alkyl halides is 4. The summed E-state index contributed by atoms with van der Waals surface area (Å²) < 4.78 is 53.7. The van der Waals surface area contributed by atoms with E-state index >= 15 is 0 Å². The van der Waals surface area contributed by atoms with Crippen molar-refractivity contribution in [3.05, 3.63) is 61.9 Å². The van der Waals surface area contributed by atoms with Crippen molar-refractivity contribution >= 4 is 39.1 Å². The fourth-order valence-electron chi connectivity index (χ4n) is 4.62. The van der Waals surface area contributed by atoms with Gasteiger partial charge in [0.2, 0.25) is 0 Å². The van der Waals surface area contributed by atoms with E-state index < -0.39 is 48.0 Å². The maximum absolute atomic E-state index is 13.6. The summed E-state index contributed by atoms with van der Waals surface area (Å²) in [5.41, 5.74) is -0.889. The molecular weight excluding hydrogens is 578 g/mol. The van der Waals surface area contributed by atoms with E-state index in [2.05, 4.69) is 26.2 Å². The monoisotopic (exact) mass is 601 g/mol. The molecule has 2 aromatic rings. The van der Waals surface area contributed by atoms with Crippen molar-refractivity contribution < 1.29 is 32.1 Å². The van der Waals surface area contributed by atoms with E-state index in [-0.39, 0.29) is 52.2 Å². The van der Waals surface area contributed by atoms with Gasteiger partial charge in [0.05, 0.1) is 16.1 Å². The quantitative estimate of drug-likeness (QED) is 0.274. The fourth-order valence-corrected chi connectivity index (χ4v) is 5.07. The zero-order valence-corrected chi connectivity index (χ0v) is 21.6. The number of anilines is 1. The summed E-state index contributed by atoms with van der Waals surface area (Å²) in [4.78, 5) is 43.9. The normalized spacial score (nSPS) is 19.4. The maximum atomic E-state index is 13.6. The molecule has 2 saturated heterocycles. The number of nitro benzene ring substituents is 1. The molecule has 38 heavy (non-hydrogen) atoms. The highest BCUT2D eigenvalue weighted by Crippen LogP contribution is 2.36. The Kier molecular flexibility index (Phi) is 8.19. The number of carbonyl (C=O) groups excluding carboxylic acids is 2. The Bertz CT molecular complexity index is 1240. The number of benzene rings is 1. The molecule has 2 fully saturated rings. The molecule has 0 radical (unpaired) electrons. The van der Waals surface area contributed by atoms with Crippen molar-refractivity contribution in [2.24, 2.45) is 0 Å². The van der Waals surface area contributed by atoms with Gasteiger partial charge in [-0.05, 0) is 25.0 Å². The van der Waals surface area contributed by atoms with Crippen molar-refractivity contribution in [2.45, 2.75) is 44.1 Å². The number of carbonyl (C=O) groups is 2. The molecule has 2 aliphatic rings. The molecule has 0 bridgehead atoms. The summed E-state index contributed by atoms with van der Waals surface area (Å²) in [5.74, 6) is -4.00. The van der Waals surface area contributed by atoms with Gasteiger partial charge in [0, 0.05) is 73.6 Å². The zero-order chi connectivity index (χ0) is 27.6. The molecule has 0 aliphatic carbocycles. The molecule has 204 valence electrons.